The smallest absolute Gasteiger partial charge is 0.243 e. The van der Waals surface area contributed by atoms with Crippen molar-refractivity contribution >= 4 is 23.6 Å². The molecule has 1 N–H and O–H groups in total. The fourth-order valence-corrected chi connectivity index (χ4v) is 4.84. The van der Waals surface area contributed by atoms with Crippen molar-refractivity contribution in [2.45, 2.75) is 19.1 Å². The second kappa shape index (κ2) is 8.69. The van der Waals surface area contributed by atoms with Crippen LogP contribution in [0.2, 0.25) is 0 Å². The highest BCUT2D eigenvalue weighted by molar-refractivity contribution is 8.03. The molecule has 3 rings (SSSR count). The van der Waals surface area contributed by atoms with Crippen molar-refractivity contribution in [3.05, 3.63) is 46.5 Å². The van der Waals surface area contributed by atoms with E-state index in [1.54, 1.807) is 18.7 Å². The summed E-state index contributed by atoms with van der Waals surface area (Å²) in [6, 6.07) is 13.4. The second-order valence-corrected chi connectivity index (χ2v) is 8.55. The average Bonchev–Trinajstić information content (AvgIpc) is 2.72. The topological polar surface area (TPSA) is 106 Å². The van der Waals surface area contributed by atoms with E-state index in [2.05, 4.69) is 11.4 Å². The summed E-state index contributed by atoms with van der Waals surface area (Å²) in [5.74, 6) is -1.51. The van der Waals surface area contributed by atoms with Crippen LogP contribution in [-0.4, -0.2) is 43.0 Å². The first kappa shape index (κ1) is 20.9. The summed E-state index contributed by atoms with van der Waals surface area (Å²) in [6.45, 7) is 5.39. The number of benzene rings is 1. The highest BCUT2D eigenvalue weighted by atomic mass is 32.2. The standard InChI is InChI=1S/C21H22N4O3S/c1-21(2)15(12-22)18(26)24-19(16(21)13-23)29-17(14-6-4-3-5-7-14)20(27)25-8-10-28-11-9-25/h3-7,15,17H,8-11H2,1-2H3,(H,24,26)/t15-,17-/m0/s1. The van der Waals surface area contributed by atoms with Crippen LogP contribution in [0.15, 0.2) is 40.9 Å². The van der Waals surface area contributed by atoms with Gasteiger partial charge in [-0.25, -0.2) is 0 Å². The molecular weight excluding hydrogens is 388 g/mol. The lowest BCUT2D eigenvalue weighted by Gasteiger charge is -2.36. The van der Waals surface area contributed by atoms with Gasteiger partial charge in [0.15, 0.2) is 0 Å². The third-order valence-electron chi connectivity index (χ3n) is 5.22. The van der Waals surface area contributed by atoms with Crippen molar-refractivity contribution in [1.82, 2.24) is 10.2 Å². The first-order valence-electron chi connectivity index (χ1n) is 9.33. The molecule has 0 unspecified atom stereocenters. The zero-order chi connectivity index (χ0) is 21.0. The number of carbonyl (C=O) groups is 2. The number of ether oxygens (including phenoxy) is 1. The van der Waals surface area contributed by atoms with E-state index in [4.69, 9.17) is 4.74 Å². The zero-order valence-electron chi connectivity index (χ0n) is 16.3. The van der Waals surface area contributed by atoms with Crippen LogP contribution in [0.5, 0.6) is 0 Å². The Bertz CT molecular complexity index is 908. The van der Waals surface area contributed by atoms with Crippen LogP contribution in [0, 0.1) is 34.0 Å². The zero-order valence-corrected chi connectivity index (χ0v) is 17.2. The number of morpholine rings is 1. The van der Waals surface area contributed by atoms with Crippen LogP contribution in [0.25, 0.3) is 0 Å². The summed E-state index contributed by atoms with van der Waals surface area (Å²) < 4.78 is 5.34. The van der Waals surface area contributed by atoms with Crippen LogP contribution in [0.3, 0.4) is 0 Å². The van der Waals surface area contributed by atoms with Crippen molar-refractivity contribution in [2.75, 3.05) is 26.3 Å². The lowest BCUT2D eigenvalue weighted by molar-refractivity contribution is -0.134. The molecule has 8 heteroatoms. The number of rotatable bonds is 4. The third kappa shape index (κ3) is 4.14. The Morgan fingerprint density at radius 2 is 1.93 bits per heavy atom. The average molecular weight is 410 g/mol. The fourth-order valence-electron chi connectivity index (χ4n) is 3.47. The van der Waals surface area contributed by atoms with Crippen molar-refractivity contribution in [2.24, 2.45) is 11.3 Å². The minimum absolute atomic E-state index is 0.0937. The first-order chi connectivity index (χ1) is 13.9. The molecule has 7 nitrogen and oxygen atoms in total. The molecule has 0 radical (unpaired) electrons. The second-order valence-electron chi connectivity index (χ2n) is 7.44. The molecule has 0 spiro atoms. The van der Waals surface area contributed by atoms with Crippen LogP contribution in [0.1, 0.15) is 24.7 Å². The predicted molar refractivity (Wildman–Crippen MR) is 108 cm³/mol. The number of allylic oxidation sites excluding steroid dienone is 1. The molecule has 2 atom stereocenters. The summed E-state index contributed by atoms with van der Waals surface area (Å²) in [7, 11) is 0. The molecule has 150 valence electrons. The van der Waals surface area contributed by atoms with Gasteiger partial charge in [-0.15, -0.1) is 0 Å². The summed E-state index contributed by atoms with van der Waals surface area (Å²) in [5.41, 5.74) is 0.148. The molecule has 0 bridgehead atoms. The van der Waals surface area contributed by atoms with E-state index in [1.807, 2.05) is 36.4 Å². The summed E-state index contributed by atoms with van der Waals surface area (Å²) in [4.78, 5) is 27.6. The van der Waals surface area contributed by atoms with Gasteiger partial charge in [-0.2, -0.15) is 10.5 Å². The monoisotopic (exact) mass is 410 g/mol. The van der Waals surface area contributed by atoms with E-state index in [0.717, 1.165) is 17.3 Å². The number of nitriles is 2. The molecule has 29 heavy (non-hydrogen) atoms. The minimum Gasteiger partial charge on any atom is -0.378 e. The van der Waals surface area contributed by atoms with Crippen molar-refractivity contribution in [1.29, 1.82) is 10.5 Å². The molecule has 2 heterocycles. The number of hydrogen-bond donors (Lipinski definition) is 1. The number of amides is 2. The van der Waals surface area contributed by atoms with Gasteiger partial charge in [-0.3, -0.25) is 9.59 Å². The Hall–Kier alpha value is -2.81. The summed E-state index contributed by atoms with van der Waals surface area (Å²) in [6.07, 6.45) is 0. The van der Waals surface area contributed by atoms with E-state index in [-0.39, 0.29) is 5.91 Å². The largest absolute Gasteiger partial charge is 0.378 e. The molecule has 0 aliphatic carbocycles. The van der Waals surface area contributed by atoms with E-state index in [1.165, 1.54) is 0 Å². The maximum absolute atomic E-state index is 13.3. The predicted octanol–water partition coefficient (Wildman–Crippen LogP) is 2.35. The quantitative estimate of drug-likeness (QED) is 0.817. The van der Waals surface area contributed by atoms with Crippen molar-refractivity contribution in [3.8, 4) is 12.1 Å². The van der Waals surface area contributed by atoms with Crippen molar-refractivity contribution < 1.29 is 14.3 Å². The molecule has 1 aromatic carbocycles. The van der Waals surface area contributed by atoms with Gasteiger partial charge in [-0.05, 0) is 5.56 Å². The van der Waals surface area contributed by atoms with Gasteiger partial charge in [0, 0.05) is 18.5 Å². The molecule has 1 fully saturated rings. The van der Waals surface area contributed by atoms with Gasteiger partial charge in [0.25, 0.3) is 0 Å². The molecule has 2 aliphatic heterocycles. The molecule has 1 saturated heterocycles. The molecule has 2 aliphatic rings. The minimum atomic E-state index is -0.966. The summed E-state index contributed by atoms with van der Waals surface area (Å²) >= 11 is 1.16. The molecule has 2 amide bonds. The van der Waals surface area contributed by atoms with E-state index in [9.17, 15) is 20.1 Å². The van der Waals surface area contributed by atoms with Crippen LogP contribution in [-0.2, 0) is 14.3 Å². The Labute approximate surface area is 174 Å². The lowest BCUT2D eigenvalue weighted by atomic mass is 9.72. The normalized spacial score (nSPS) is 22.3. The van der Waals surface area contributed by atoms with E-state index < -0.39 is 22.5 Å². The van der Waals surface area contributed by atoms with Gasteiger partial charge in [0.05, 0.1) is 36.0 Å². The SMILES string of the molecule is CC1(C)C(C#N)=C(S[C@H](C(=O)N2CCOCC2)c2ccccc2)NC(=O)[C@@H]1C#N. The van der Waals surface area contributed by atoms with Gasteiger partial charge in [0.2, 0.25) is 11.8 Å². The van der Waals surface area contributed by atoms with Gasteiger partial charge < -0.3 is 15.0 Å². The first-order valence-corrected chi connectivity index (χ1v) is 10.2. The van der Waals surface area contributed by atoms with E-state index >= 15 is 0 Å². The number of carbonyl (C=O) groups excluding carboxylic acids is 2. The number of nitrogens with one attached hydrogen (secondary N) is 1. The van der Waals surface area contributed by atoms with Gasteiger partial charge in [-0.1, -0.05) is 55.9 Å². The van der Waals surface area contributed by atoms with Crippen LogP contribution < -0.4 is 5.32 Å². The fraction of sp³-hybridized carbons (Fsp3) is 0.429. The number of hydrogen-bond acceptors (Lipinski definition) is 6. The molecule has 0 saturated carbocycles. The molecule has 0 aromatic heterocycles. The van der Waals surface area contributed by atoms with Crippen LogP contribution in [0.4, 0.5) is 0 Å². The number of nitrogens with zero attached hydrogens (tertiary/aromatic N) is 3. The van der Waals surface area contributed by atoms with Crippen LogP contribution >= 0.6 is 11.8 Å². The lowest BCUT2D eigenvalue weighted by Crippen LogP contribution is -2.45. The maximum Gasteiger partial charge on any atom is 0.243 e. The van der Waals surface area contributed by atoms with E-state index in [0.29, 0.717) is 36.9 Å². The van der Waals surface area contributed by atoms with Gasteiger partial charge in [0.1, 0.15) is 11.2 Å². The Balaban J connectivity index is 2.00. The third-order valence-corrected chi connectivity index (χ3v) is 6.47. The number of thioether (sulfide) groups is 1. The van der Waals surface area contributed by atoms with Crippen molar-refractivity contribution in [3.63, 3.8) is 0 Å². The van der Waals surface area contributed by atoms with Gasteiger partial charge >= 0.3 is 0 Å². The Morgan fingerprint density at radius 1 is 1.28 bits per heavy atom. The molecular formula is C21H22N4O3S. The highest BCUT2D eigenvalue weighted by Crippen LogP contribution is 2.45. The Morgan fingerprint density at radius 3 is 2.52 bits per heavy atom. The Kier molecular flexibility index (Phi) is 6.26. The summed E-state index contributed by atoms with van der Waals surface area (Å²) in [5, 5.41) is 21.6. The molecule has 1 aromatic rings. The highest BCUT2D eigenvalue weighted by Gasteiger charge is 2.45. The maximum atomic E-state index is 13.3.